The Morgan fingerprint density at radius 3 is 2.50 bits per heavy atom. The molecular weight excluding hydrogens is 308 g/mol. The van der Waals surface area contributed by atoms with E-state index in [0.717, 1.165) is 5.56 Å². The molecule has 2 amide bonds. The van der Waals surface area contributed by atoms with Crippen LogP contribution in [0.15, 0.2) is 30.3 Å². The minimum Gasteiger partial charge on any atom is -0.393 e. The first-order valence-electron chi connectivity index (χ1n) is 8.37. The van der Waals surface area contributed by atoms with E-state index in [1.165, 1.54) is 0 Å². The zero-order valence-electron chi connectivity index (χ0n) is 13.7. The lowest BCUT2D eigenvalue weighted by atomic mass is 9.75. The van der Waals surface area contributed by atoms with E-state index in [9.17, 15) is 19.8 Å². The monoisotopic (exact) mass is 334 g/mol. The number of amides is 2. The molecular formula is C18H26N2O4. The number of benzene rings is 1. The van der Waals surface area contributed by atoms with Crippen LogP contribution in [0.4, 0.5) is 0 Å². The van der Waals surface area contributed by atoms with Crippen LogP contribution < -0.4 is 11.5 Å². The van der Waals surface area contributed by atoms with E-state index >= 15 is 0 Å². The van der Waals surface area contributed by atoms with E-state index in [1.54, 1.807) is 0 Å². The second-order valence-corrected chi connectivity index (χ2v) is 6.71. The standard InChI is InChI=1S/C18H26N2O4/c19-16(22)14-7-4-10-18(14,24)15(17(20)23)11-13(21)9-8-12-5-2-1-3-6-12/h1-3,5-6,13-15,21,24H,4,7-11H2,(H2,19,22)(H2,20,23)/t13-,14?,15+,18-/m0/s1. The zero-order chi connectivity index (χ0) is 17.7. The Balaban J connectivity index is 2.02. The molecule has 0 heterocycles. The van der Waals surface area contributed by atoms with Gasteiger partial charge in [0.15, 0.2) is 0 Å². The van der Waals surface area contributed by atoms with E-state index in [4.69, 9.17) is 11.5 Å². The van der Waals surface area contributed by atoms with Gasteiger partial charge in [-0.25, -0.2) is 0 Å². The Kier molecular flexibility index (Phi) is 5.96. The molecule has 2 rings (SSSR count). The Labute approximate surface area is 141 Å². The maximum absolute atomic E-state index is 11.9. The second-order valence-electron chi connectivity index (χ2n) is 6.71. The van der Waals surface area contributed by atoms with E-state index in [1.807, 2.05) is 30.3 Å². The summed E-state index contributed by atoms with van der Waals surface area (Å²) in [5.74, 6) is -3.11. The number of rotatable bonds is 8. The fraction of sp³-hybridized carbons (Fsp3) is 0.556. The van der Waals surface area contributed by atoms with Crippen molar-refractivity contribution in [1.82, 2.24) is 0 Å². The SMILES string of the molecule is NC(=O)C1CCC[C@@]1(O)[C@H](C[C@@H](O)CCc1ccccc1)C(N)=O. The minimum absolute atomic E-state index is 0.0302. The number of carbonyl (C=O) groups is 2. The van der Waals surface area contributed by atoms with Crippen LogP contribution in [0.5, 0.6) is 0 Å². The van der Waals surface area contributed by atoms with E-state index < -0.39 is 35.4 Å². The molecule has 0 radical (unpaired) electrons. The highest BCUT2D eigenvalue weighted by atomic mass is 16.3. The zero-order valence-corrected chi connectivity index (χ0v) is 13.7. The van der Waals surface area contributed by atoms with Crippen LogP contribution in [0.2, 0.25) is 0 Å². The van der Waals surface area contributed by atoms with Crippen molar-refractivity contribution in [1.29, 1.82) is 0 Å². The van der Waals surface area contributed by atoms with Gasteiger partial charge in [0, 0.05) is 0 Å². The normalized spacial score (nSPS) is 26.0. The molecule has 6 heteroatoms. The number of nitrogens with two attached hydrogens (primary N) is 2. The van der Waals surface area contributed by atoms with Gasteiger partial charge in [-0.1, -0.05) is 30.3 Å². The number of carbonyl (C=O) groups excluding carboxylic acids is 2. The molecule has 0 bridgehead atoms. The molecule has 0 spiro atoms. The predicted octanol–water partition coefficient (Wildman–Crippen LogP) is 0.488. The van der Waals surface area contributed by atoms with Crippen molar-refractivity contribution in [3.8, 4) is 0 Å². The van der Waals surface area contributed by atoms with Gasteiger partial charge in [0.1, 0.15) is 0 Å². The van der Waals surface area contributed by atoms with Gasteiger partial charge in [-0.3, -0.25) is 9.59 Å². The largest absolute Gasteiger partial charge is 0.393 e. The molecule has 0 aromatic heterocycles. The lowest BCUT2D eigenvalue weighted by Crippen LogP contribution is -2.52. The Morgan fingerprint density at radius 2 is 1.92 bits per heavy atom. The molecule has 1 unspecified atom stereocenters. The first-order chi connectivity index (χ1) is 11.3. The summed E-state index contributed by atoms with van der Waals surface area (Å²) in [7, 11) is 0. The van der Waals surface area contributed by atoms with Gasteiger partial charge in [0.25, 0.3) is 0 Å². The van der Waals surface area contributed by atoms with Crippen molar-refractivity contribution >= 4 is 11.8 Å². The fourth-order valence-corrected chi connectivity index (χ4v) is 3.75. The third-order valence-electron chi connectivity index (χ3n) is 5.08. The number of primary amides is 2. The van der Waals surface area contributed by atoms with E-state index in [-0.39, 0.29) is 6.42 Å². The van der Waals surface area contributed by atoms with Gasteiger partial charge in [0.05, 0.1) is 23.5 Å². The van der Waals surface area contributed by atoms with Crippen molar-refractivity contribution in [2.75, 3.05) is 0 Å². The molecule has 0 saturated heterocycles. The molecule has 6 nitrogen and oxygen atoms in total. The maximum atomic E-state index is 11.9. The van der Waals surface area contributed by atoms with Crippen molar-refractivity contribution in [3.63, 3.8) is 0 Å². The topological polar surface area (TPSA) is 127 Å². The molecule has 1 aliphatic carbocycles. The summed E-state index contributed by atoms with van der Waals surface area (Å²) in [6, 6.07) is 9.69. The highest BCUT2D eigenvalue weighted by Gasteiger charge is 2.52. The summed E-state index contributed by atoms with van der Waals surface area (Å²) >= 11 is 0. The fourth-order valence-electron chi connectivity index (χ4n) is 3.75. The van der Waals surface area contributed by atoms with Crippen molar-refractivity contribution < 1.29 is 19.8 Å². The van der Waals surface area contributed by atoms with Gasteiger partial charge in [0.2, 0.25) is 11.8 Å². The molecule has 24 heavy (non-hydrogen) atoms. The summed E-state index contributed by atoms with van der Waals surface area (Å²) in [4.78, 5) is 23.5. The van der Waals surface area contributed by atoms with Gasteiger partial charge < -0.3 is 21.7 Å². The third kappa shape index (κ3) is 4.13. The highest BCUT2D eigenvalue weighted by molar-refractivity contribution is 5.83. The lowest BCUT2D eigenvalue weighted by Gasteiger charge is -2.35. The lowest BCUT2D eigenvalue weighted by molar-refractivity contribution is -0.145. The highest BCUT2D eigenvalue weighted by Crippen LogP contribution is 2.42. The smallest absolute Gasteiger partial charge is 0.223 e. The van der Waals surface area contributed by atoms with Crippen LogP contribution in [0.3, 0.4) is 0 Å². The van der Waals surface area contributed by atoms with Crippen LogP contribution in [0, 0.1) is 11.8 Å². The Morgan fingerprint density at radius 1 is 1.25 bits per heavy atom. The van der Waals surface area contributed by atoms with Crippen LogP contribution in [-0.4, -0.2) is 33.7 Å². The van der Waals surface area contributed by atoms with Crippen LogP contribution in [-0.2, 0) is 16.0 Å². The van der Waals surface area contributed by atoms with Crippen LogP contribution >= 0.6 is 0 Å². The number of hydrogen-bond donors (Lipinski definition) is 4. The molecule has 1 fully saturated rings. The molecule has 4 atom stereocenters. The second kappa shape index (κ2) is 7.77. The molecule has 1 aliphatic rings. The molecule has 6 N–H and O–H groups in total. The van der Waals surface area contributed by atoms with Crippen molar-refractivity contribution in [3.05, 3.63) is 35.9 Å². The van der Waals surface area contributed by atoms with Gasteiger partial charge >= 0.3 is 0 Å². The molecule has 1 aromatic rings. The van der Waals surface area contributed by atoms with Crippen LogP contribution in [0.1, 0.15) is 37.7 Å². The van der Waals surface area contributed by atoms with Crippen LogP contribution in [0.25, 0.3) is 0 Å². The summed E-state index contributed by atoms with van der Waals surface area (Å²) in [5, 5.41) is 21.2. The summed E-state index contributed by atoms with van der Waals surface area (Å²) in [5.41, 5.74) is 10.4. The predicted molar refractivity (Wildman–Crippen MR) is 89.6 cm³/mol. The number of hydrogen-bond acceptors (Lipinski definition) is 4. The third-order valence-corrected chi connectivity index (χ3v) is 5.08. The van der Waals surface area contributed by atoms with Crippen molar-refractivity contribution in [2.24, 2.45) is 23.3 Å². The quantitative estimate of drug-likeness (QED) is 0.551. The van der Waals surface area contributed by atoms with Crippen molar-refractivity contribution in [2.45, 2.75) is 50.2 Å². The minimum atomic E-state index is -1.55. The average Bonchev–Trinajstić information content (AvgIpc) is 2.94. The van der Waals surface area contributed by atoms with Gasteiger partial charge in [-0.2, -0.15) is 0 Å². The molecule has 0 aliphatic heterocycles. The van der Waals surface area contributed by atoms with Gasteiger partial charge in [-0.15, -0.1) is 0 Å². The number of aliphatic hydroxyl groups is 2. The molecule has 1 saturated carbocycles. The average molecular weight is 334 g/mol. The Hall–Kier alpha value is -1.92. The number of aryl methyl sites for hydroxylation is 1. The first kappa shape index (κ1) is 18.4. The van der Waals surface area contributed by atoms with E-state index in [0.29, 0.717) is 32.1 Å². The first-order valence-corrected chi connectivity index (χ1v) is 8.37. The van der Waals surface area contributed by atoms with E-state index in [2.05, 4.69) is 0 Å². The maximum Gasteiger partial charge on any atom is 0.223 e. The van der Waals surface area contributed by atoms with Gasteiger partial charge in [-0.05, 0) is 44.1 Å². The number of aliphatic hydroxyl groups excluding tert-OH is 1. The Bertz CT molecular complexity index is 578. The summed E-state index contributed by atoms with van der Waals surface area (Å²) in [6.07, 6.45) is 1.68. The summed E-state index contributed by atoms with van der Waals surface area (Å²) < 4.78 is 0. The summed E-state index contributed by atoms with van der Waals surface area (Å²) in [6.45, 7) is 0. The molecule has 1 aromatic carbocycles. The molecule has 132 valence electrons.